The highest BCUT2D eigenvalue weighted by atomic mass is 19.1. The molecule has 0 radical (unpaired) electrons. The number of rotatable bonds is 0. The van der Waals surface area contributed by atoms with Gasteiger partial charge in [0.25, 0.3) is 0 Å². The van der Waals surface area contributed by atoms with Gasteiger partial charge in [-0.25, -0.2) is 4.39 Å². The number of nitrogens with zero attached hydrogens (tertiary/aromatic N) is 1. The Balaban J connectivity index is 1.96. The normalized spacial score (nSPS) is 32.5. The molecule has 17 heavy (non-hydrogen) atoms. The molecule has 2 aliphatic rings. The Labute approximate surface area is 100 Å². The molecule has 2 atom stereocenters. The molecule has 4 heteroatoms. The molecule has 2 aliphatic heterocycles. The first-order chi connectivity index (χ1) is 8.08. The summed E-state index contributed by atoms with van der Waals surface area (Å²) in [6.45, 7) is 1.93. The van der Waals surface area contributed by atoms with Crippen LogP contribution in [0.25, 0.3) is 0 Å². The predicted octanol–water partition coefficient (Wildman–Crippen LogP) is 1.68. The number of likely N-dealkylation sites (tertiary alicyclic amines) is 1. The van der Waals surface area contributed by atoms with Crippen LogP contribution >= 0.6 is 0 Å². The molecule has 1 aromatic rings. The van der Waals surface area contributed by atoms with Crippen LogP contribution < -0.4 is 10.5 Å². The molecule has 2 N–H and O–H groups in total. The van der Waals surface area contributed by atoms with Gasteiger partial charge in [0.1, 0.15) is 17.2 Å². The molecule has 0 bridgehead atoms. The largest absolute Gasteiger partial charge is 0.485 e. The molecular formula is C13H17FN2O. The second-order valence-corrected chi connectivity index (χ2v) is 5.27. The predicted molar refractivity (Wildman–Crippen MR) is 63.4 cm³/mol. The van der Waals surface area contributed by atoms with Crippen molar-refractivity contribution in [1.82, 2.24) is 4.90 Å². The lowest BCUT2D eigenvalue weighted by Gasteiger charge is -2.38. The minimum absolute atomic E-state index is 0.124. The summed E-state index contributed by atoms with van der Waals surface area (Å²) in [4.78, 5) is 2.25. The van der Waals surface area contributed by atoms with Crippen LogP contribution in [0.3, 0.4) is 0 Å². The molecule has 3 nitrogen and oxygen atoms in total. The fourth-order valence-corrected chi connectivity index (χ4v) is 2.98. The van der Waals surface area contributed by atoms with Gasteiger partial charge in [0.2, 0.25) is 0 Å². The Hall–Kier alpha value is -1.13. The topological polar surface area (TPSA) is 38.5 Å². The van der Waals surface area contributed by atoms with E-state index < -0.39 is 0 Å². The van der Waals surface area contributed by atoms with Gasteiger partial charge in [-0.15, -0.1) is 0 Å². The third kappa shape index (κ3) is 1.81. The molecule has 0 aliphatic carbocycles. The van der Waals surface area contributed by atoms with Crippen LogP contribution in [0.5, 0.6) is 5.75 Å². The van der Waals surface area contributed by atoms with Crippen molar-refractivity contribution < 1.29 is 9.13 Å². The zero-order chi connectivity index (χ0) is 12.0. The molecule has 92 valence electrons. The van der Waals surface area contributed by atoms with Gasteiger partial charge in [-0.2, -0.15) is 0 Å². The summed E-state index contributed by atoms with van der Waals surface area (Å²) < 4.78 is 19.3. The summed E-state index contributed by atoms with van der Waals surface area (Å²) in [7, 11) is 2.09. The highest BCUT2D eigenvalue weighted by Crippen LogP contribution is 2.42. The van der Waals surface area contributed by atoms with Gasteiger partial charge in [-0.05, 0) is 25.2 Å². The van der Waals surface area contributed by atoms with Crippen molar-refractivity contribution in [3.63, 3.8) is 0 Å². The van der Waals surface area contributed by atoms with Crippen LogP contribution in [-0.4, -0.2) is 30.6 Å². The molecule has 1 unspecified atom stereocenters. The summed E-state index contributed by atoms with van der Waals surface area (Å²) in [5.41, 5.74) is 6.78. The molecule has 1 saturated heterocycles. The maximum atomic E-state index is 13.2. The summed E-state index contributed by atoms with van der Waals surface area (Å²) in [5.74, 6) is 0.503. The van der Waals surface area contributed by atoms with E-state index in [4.69, 9.17) is 10.5 Å². The molecule has 3 rings (SSSR count). The van der Waals surface area contributed by atoms with Gasteiger partial charge in [0.05, 0.1) is 0 Å². The molecule has 0 saturated carbocycles. The van der Waals surface area contributed by atoms with Crippen LogP contribution in [0.15, 0.2) is 18.2 Å². The van der Waals surface area contributed by atoms with E-state index in [0.29, 0.717) is 0 Å². The number of likely N-dealkylation sites (N-methyl/N-ethyl adjacent to an activating group) is 1. The van der Waals surface area contributed by atoms with Crippen molar-refractivity contribution in [3.05, 3.63) is 29.6 Å². The van der Waals surface area contributed by atoms with Crippen LogP contribution in [-0.2, 0) is 0 Å². The first-order valence-electron chi connectivity index (χ1n) is 6.01. The van der Waals surface area contributed by atoms with Crippen LogP contribution in [0.2, 0.25) is 0 Å². The summed E-state index contributed by atoms with van der Waals surface area (Å²) in [5, 5.41) is 0. The quantitative estimate of drug-likeness (QED) is 0.745. The van der Waals surface area contributed by atoms with Crippen LogP contribution in [0.1, 0.15) is 24.4 Å². The van der Waals surface area contributed by atoms with E-state index in [0.717, 1.165) is 37.2 Å². The lowest BCUT2D eigenvalue weighted by Crippen LogP contribution is -2.44. The van der Waals surface area contributed by atoms with Gasteiger partial charge in [-0.1, -0.05) is 0 Å². The molecule has 2 heterocycles. The third-order valence-corrected chi connectivity index (χ3v) is 3.80. The monoisotopic (exact) mass is 236 g/mol. The summed E-state index contributed by atoms with van der Waals surface area (Å²) >= 11 is 0. The standard InChI is InChI=1S/C13H17FN2O/c1-16-5-4-13(8-16)7-11(15)10-6-9(14)2-3-12(10)17-13/h2-3,6,11H,4-5,7-8,15H2,1H3/t11-,13?/m1/s1. The van der Waals surface area contributed by atoms with Crippen LogP contribution in [0, 0.1) is 5.82 Å². The number of halogens is 1. The van der Waals surface area contributed by atoms with Gasteiger partial charge < -0.3 is 15.4 Å². The van der Waals surface area contributed by atoms with E-state index in [9.17, 15) is 4.39 Å². The zero-order valence-electron chi connectivity index (χ0n) is 9.95. The van der Waals surface area contributed by atoms with Gasteiger partial charge in [0.15, 0.2) is 0 Å². The third-order valence-electron chi connectivity index (χ3n) is 3.80. The number of hydrogen-bond acceptors (Lipinski definition) is 3. The number of fused-ring (bicyclic) bond motifs is 1. The summed E-state index contributed by atoms with van der Waals surface area (Å²) in [6, 6.07) is 4.50. The fourth-order valence-electron chi connectivity index (χ4n) is 2.98. The van der Waals surface area contributed by atoms with Crippen molar-refractivity contribution >= 4 is 0 Å². The smallest absolute Gasteiger partial charge is 0.125 e. The first kappa shape index (κ1) is 11.0. The second-order valence-electron chi connectivity index (χ2n) is 5.27. The average molecular weight is 236 g/mol. The summed E-state index contributed by atoms with van der Waals surface area (Å²) in [6.07, 6.45) is 1.77. The van der Waals surface area contributed by atoms with Crippen molar-refractivity contribution in [2.75, 3.05) is 20.1 Å². The Morgan fingerprint density at radius 1 is 1.53 bits per heavy atom. The van der Waals surface area contributed by atoms with E-state index >= 15 is 0 Å². The molecule has 0 amide bonds. The molecule has 1 fully saturated rings. The van der Waals surface area contributed by atoms with E-state index in [-0.39, 0.29) is 17.5 Å². The molecule has 0 aromatic heterocycles. The number of hydrogen-bond donors (Lipinski definition) is 1. The van der Waals surface area contributed by atoms with Crippen molar-refractivity contribution in [2.45, 2.75) is 24.5 Å². The number of benzene rings is 1. The Kier molecular flexibility index (Phi) is 2.38. The zero-order valence-corrected chi connectivity index (χ0v) is 9.95. The minimum Gasteiger partial charge on any atom is -0.485 e. The molecular weight excluding hydrogens is 219 g/mol. The fraction of sp³-hybridized carbons (Fsp3) is 0.538. The average Bonchev–Trinajstić information content (AvgIpc) is 2.61. The molecule has 1 aromatic carbocycles. The van der Waals surface area contributed by atoms with E-state index in [2.05, 4.69) is 11.9 Å². The second kappa shape index (κ2) is 3.68. The van der Waals surface area contributed by atoms with Crippen molar-refractivity contribution in [3.8, 4) is 5.75 Å². The Bertz CT molecular complexity index is 451. The maximum absolute atomic E-state index is 13.2. The van der Waals surface area contributed by atoms with E-state index in [1.807, 2.05) is 0 Å². The SMILES string of the molecule is CN1CCC2(C[C@@H](N)c3cc(F)ccc3O2)C1. The van der Waals surface area contributed by atoms with Crippen molar-refractivity contribution in [1.29, 1.82) is 0 Å². The van der Waals surface area contributed by atoms with Gasteiger partial charge in [-0.3, -0.25) is 0 Å². The number of nitrogens with two attached hydrogens (primary N) is 1. The Morgan fingerprint density at radius 3 is 3.06 bits per heavy atom. The maximum Gasteiger partial charge on any atom is 0.125 e. The minimum atomic E-state index is -0.248. The lowest BCUT2D eigenvalue weighted by atomic mass is 9.87. The van der Waals surface area contributed by atoms with Gasteiger partial charge >= 0.3 is 0 Å². The Morgan fingerprint density at radius 2 is 2.35 bits per heavy atom. The lowest BCUT2D eigenvalue weighted by molar-refractivity contribution is 0.0464. The van der Waals surface area contributed by atoms with E-state index in [1.54, 1.807) is 6.07 Å². The number of ether oxygens (including phenoxy) is 1. The first-order valence-corrected chi connectivity index (χ1v) is 6.01. The molecule has 1 spiro atoms. The van der Waals surface area contributed by atoms with E-state index in [1.165, 1.54) is 12.1 Å². The highest BCUT2D eigenvalue weighted by molar-refractivity contribution is 5.39. The van der Waals surface area contributed by atoms with Crippen molar-refractivity contribution in [2.24, 2.45) is 5.73 Å². The highest BCUT2D eigenvalue weighted by Gasteiger charge is 2.44. The van der Waals surface area contributed by atoms with Gasteiger partial charge in [0, 0.05) is 37.5 Å². The van der Waals surface area contributed by atoms with Crippen LogP contribution in [0.4, 0.5) is 4.39 Å².